The number of likely N-dealkylation sites (N-methyl/N-ethyl adjacent to an activating group) is 1. The summed E-state index contributed by atoms with van der Waals surface area (Å²) >= 11 is 0. The predicted octanol–water partition coefficient (Wildman–Crippen LogP) is -1.48. The van der Waals surface area contributed by atoms with E-state index in [2.05, 4.69) is 5.32 Å². The Labute approximate surface area is 101 Å². The first-order valence-electron chi connectivity index (χ1n) is 5.99. The van der Waals surface area contributed by atoms with Crippen molar-refractivity contribution in [2.75, 3.05) is 53.0 Å². The van der Waals surface area contributed by atoms with Crippen molar-refractivity contribution >= 4 is 11.8 Å². The van der Waals surface area contributed by atoms with Crippen LogP contribution in [0.15, 0.2) is 0 Å². The van der Waals surface area contributed by atoms with Crippen LogP contribution in [0, 0.1) is 5.92 Å². The molecule has 0 bridgehead atoms. The minimum Gasteiger partial charge on any atom is -0.378 e. The molecule has 96 valence electrons. The molecule has 2 rings (SSSR count). The van der Waals surface area contributed by atoms with Gasteiger partial charge in [0, 0.05) is 33.2 Å². The van der Waals surface area contributed by atoms with E-state index in [9.17, 15) is 9.59 Å². The van der Waals surface area contributed by atoms with Crippen molar-refractivity contribution in [3.8, 4) is 0 Å². The molecule has 17 heavy (non-hydrogen) atoms. The maximum atomic E-state index is 11.9. The number of carbonyl (C=O) groups is 2. The third-order valence-corrected chi connectivity index (χ3v) is 3.24. The number of rotatable bonds is 3. The fourth-order valence-corrected chi connectivity index (χ4v) is 1.97. The van der Waals surface area contributed by atoms with Crippen molar-refractivity contribution < 1.29 is 14.3 Å². The van der Waals surface area contributed by atoms with Gasteiger partial charge in [0.1, 0.15) is 0 Å². The van der Waals surface area contributed by atoms with E-state index in [1.165, 1.54) is 4.90 Å². The molecule has 0 unspecified atom stereocenters. The SMILES string of the molecule is CN(CC(=O)N1CCOCC1)C(=O)C1CNC1. The van der Waals surface area contributed by atoms with E-state index in [1.807, 2.05) is 0 Å². The Morgan fingerprint density at radius 2 is 2.00 bits per heavy atom. The maximum absolute atomic E-state index is 11.9. The van der Waals surface area contributed by atoms with E-state index in [1.54, 1.807) is 11.9 Å². The van der Waals surface area contributed by atoms with Crippen molar-refractivity contribution in [1.29, 1.82) is 0 Å². The van der Waals surface area contributed by atoms with Crippen molar-refractivity contribution in [3.05, 3.63) is 0 Å². The number of nitrogens with one attached hydrogen (secondary N) is 1. The van der Waals surface area contributed by atoms with Gasteiger partial charge in [0.05, 0.1) is 25.7 Å². The largest absolute Gasteiger partial charge is 0.378 e. The molecule has 0 aromatic carbocycles. The van der Waals surface area contributed by atoms with Gasteiger partial charge in [-0.15, -0.1) is 0 Å². The van der Waals surface area contributed by atoms with Crippen LogP contribution in [0.3, 0.4) is 0 Å². The first-order valence-corrected chi connectivity index (χ1v) is 5.99. The minimum absolute atomic E-state index is 0.0106. The van der Waals surface area contributed by atoms with Gasteiger partial charge in [-0.25, -0.2) is 0 Å². The van der Waals surface area contributed by atoms with Gasteiger partial charge in [0.2, 0.25) is 11.8 Å². The number of carbonyl (C=O) groups excluding carboxylic acids is 2. The fourth-order valence-electron chi connectivity index (χ4n) is 1.97. The number of ether oxygens (including phenoxy) is 1. The summed E-state index contributed by atoms with van der Waals surface area (Å²) in [7, 11) is 1.69. The molecule has 2 saturated heterocycles. The Morgan fingerprint density at radius 3 is 2.53 bits per heavy atom. The Kier molecular flexibility index (Phi) is 3.96. The highest BCUT2D eigenvalue weighted by Gasteiger charge is 2.29. The zero-order chi connectivity index (χ0) is 12.3. The number of nitrogens with zero attached hydrogens (tertiary/aromatic N) is 2. The van der Waals surface area contributed by atoms with Gasteiger partial charge >= 0.3 is 0 Å². The van der Waals surface area contributed by atoms with Crippen molar-refractivity contribution in [2.45, 2.75) is 0 Å². The zero-order valence-corrected chi connectivity index (χ0v) is 10.1. The van der Waals surface area contributed by atoms with Gasteiger partial charge in [-0.1, -0.05) is 0 Å². The van der Waals surface area contributed by atoms with E-state index >= 15 is 0 Å². The van der Waals surface area contributed by atoms with E-state index in [0.717, 1.165) is 13.1 Å². The summed E-state index contributed by atoms with van der Waals surface area (Å²) in [5, 5.41) is 3.05. The molecule has 0 aromatic heterocycles. The van der Waals surface area contributed by atoms with Crippen LogP contribution >= 0.6 is 0 Å². The first-order chi connectivity index (χ1) is 8.18. The van der Waals surface area contributed by atoms with E-state index < -0.39 is 0 Å². The first kappa shape index (κ1) is 12.3. The highest BCUT2D eigenvalue weighted by molar-refractivity contribution is 5.86. The number of hydrogen-bond donors (Lipinski definition) is 1. The molecule has 0 spiro atoms. The summed E-state index contributed by atoms with van der Waals surface area (Å²) in [5.41, 5.74) is 0. The lowest BCUT2D eigenvalue weighted by Gasteiger charge is -2.32. The highest BCUT2D eigenvalue weighted by Crippen LogP contribution is 2.07. The normalized spacial score (nSPS) is 20.9. The zero-order valence-electron chi connectivity index (χ0n) is 10.1. The van der Waals surface area contributed by atoms with Crippen molar-refractivity contribution in [2.24, 2.45) is 5.92 Å². The standard InChI is InChI=1S/C11H19N3O3/c1-13(11(16)9-6-12-7-9)8-10(15)14-2-4-17-5-3-14/h9,12H,2-8H2,1H3. The van der Waals surface area contributed by atoms with Gasteiger partial charge in [-0.2, -0.15) is 0 Å². The second-order valence-corrected chi connectivity index (χ2v) is 4.54. The monoisotopic (exact) mass is 241 g/mol. The third kappa shape index (κ3) is 2.95. The molecule has 0 atom stereocenters. The van der Waals surface area contributed by atoms with Crippen molar-refractivity contribution in [3.63, 3.8) is 0 Å². The number of morpholine rings is 1. The van der Waals surface area contributed by atoms with Crippen LogP contribution < -0.4 is 5.32 Å². The average molecular weight is 241 g/mol. The molecule has 0 radical (unpaired) electrons. The van der Waals surface area contributed by atoms with Crippen LogP contribution in [0.4, 0.5) is 0 Å². The lowest BCUT2D eigenvalue weighted by molar-refractivity contribution is -0.144. The molecule has 0 aliphatic carbocycles. The van der Waals surface area contributed by atoms with Crippen molar-refractivity contribution in [1.82, 2.24) is 15.1 Å². The summed E-state index contributed by atoms with van der Waals surface area (Å²) in [6, 6.07) is 0. The summed E-state index contributed by atoms with van der Waals surface area (Å²) in [4.78, 5) is 27.0. The smallest absolute Gasteiger partial charge is 0.242 e. The van der Waals surface area contributed by atoms with Crippen LogP contribution in [-0.2, 0) is 14.3 Å². The Bertz CT molecular complexity index is 298. The predicted molar refractivity (Wildman–Crippen MR) is 61.4 cm³/mol. The minimum atomic E-state index is 0.0106. The quantitative estimate of drug-likeness (QED) is 0.655. The van der Waals surface area contributed by atoms with Crippen LogP contribution in [-0.4, -0.2) is 74.6 Å². The Balaban J connectivity index is 1.78. The van der Waals surface area contributed by atoms with Gasteiger partial charge in [-0.3, -0.25) is 9.59 Å². The van der Waals surface area contributed by atoms with E-state index in [0.29, 0.717) is 26.3 Å². The summed E-state index contributed by atoms with van der Waals surface area (Å²) in [6.07, 6.45) is 0. The fraction of sp³-hybridized carbons (Fsp3) is 0.818. The average Bonchev–Trinajstić information content (AvgIpc) is 2.27. The van der Waals surface area contributed by atoms with Gasteiger partial charge < -0.3 is 19.9 Å². The lowest BCUT2D eigenvalue weighted by atomic mass is 10.0. The Morgan fingerprint density at radius 1 is 1.35 bits per heavy atom. The molecule has 2 aliphatic rings. The maximum Gasteiger partial charge on any atom is 0.242 e. The molecule has 2 heterocycles. The van der Waals surface area contributed by atoms with Crippen LogP contribution in [0.25, 0.3) is 0 Å². The van der Waals surface area contributed by atoms with Crippen LogP contribution in [0.1, 0.15) is 0 Å². The molecular weight excluding hydrogens is 222 g/mol. The molecule has 2 fully saturated rings. The summed E-state index contributed by atoms with van der Waals surface area (Å²) in [6.45, 7) is 4.09. The summed E-state index contributed by atoms with van der Waals surface area (Å²) in [5.74, 6) is 0.124. The molecular formula is C11H19N3O3. The molecule has 6 heteroatoms. The van der Waals surface area contributed by atoms with E-state index in [4.69, 9.17) is 4.74 Å². The second kappa shape index (κ2) is 5.46. The van der Waals surface area contributed by atoms with Gasteiger partial charge in [-0.05, 0) is 0 Å². The third-order valence-electron chi connectivity index (χ3n) is 3.24. The van der Waals surface area contributed by atoms with Gasteiger partial charge in [0.15, 0.2) is 0 Å². The number of hydrogen-bond acceptors (Lipinski definition) is 4. The van der Waals surface area contributed by atoms with Gasteiger partial charge in [0.25, 0.3) is 0 Å². The summed E-state index contributed by atoms with van der Waals surface area (Å²) < 4.78 is 5.18. The topological polar surface area (TPSA) is 61.9 Å². The Hall–Kier alpha value is -1.14. The lowest BCUT2D eigenvalue weighted by Crippen LogP contribution is -2.53. The van der Waals surface area contributed by atoms with Crippen LogP contribution in [0.5, 0.6) is 0 Å². The van der Waals surface area contributed by atoms with E-state index in [-0.39, 0.29) is 24.3 Å². The number of amides is 2. The molecule has 0 saturated carbocycles. The molecule has 1 N–H and O–H groups in total. The molecule has 2 aliphatic heterocycles. The highest BCUT2D eigenvalue weighted by atomic mass is 16.5. The molecule has 2 amide bonds. The molecule has 6 nitrogen and oxygen atoms in total. The second-order valence-electron chi connectivity index (χ2n) is 4.54. The van der Waals surface area contributed by atoms with Crippen LogP contribution in [0.2, 0.25) is 0 Å². The molecule has 0 aromatic rings.